The van der Waals surface area contributed by atoms with Crippen molar-refractivity contribution in [1.29, 1.82) is 0 Å². The highest BCUT2D eigenvalue weighted by Gasteiger charge is 2.14. The number of nitrogens with one attached hydrogen (secondary N) is 1. The first-order valence-electron chi connectivity index (χ1n) is 13.0. The third-order valence-electron chi connectivity index (χ3n) is 6.75. The summed E-state index contributed by atoms with van der Waals surface area (Å²) in [7, 11) is 0. The third kappa shape index (κ3) is 5.83. The van der Waals surface area contributed by atoms with Crippen molar-refractivity contribution in [1.82, 2.24) is 24.8 Å². The highest BCUT2D eigenvalue weighted by atomic mass is 16.5. The Kier molecular flexibility index (Phi) is 7.52. The Bertz CT molecular complexity index is 1340. The van der Waals surface area contributed by atoms with Crippen molar-refractivity contribution < 1.29 is 14.2 Å². The van der Waals surface area contributed by atoms with E-state index in [4.69, 9.17) is 19.2 Å². The molecule has 10 heteroatoms. The molecular formula is C28H31N7O3. The van der Waals surface area contributed by atoms with E-state index in [1.54, 1.807) is 12.4 Å². The van der Waals surface area contributed by atoms with Crippen LogP contribution in [0.3, 0.4) is 0 Å². The van der Waals surface area contributed by atoms with Gasteiger partial charge in [-0.25, -0.2) is 15.0 Å². The Labute approximate surface area is 221 Å². The van der Waals surface area contributed by atoms with Crippen LogP contribution in [0.1, 0.15) is 0 Å². The Morgan fingerprint density at radius 1 is 0.816 bits per heavy atom. The maximum absolute atomic E-state index is 5.97. The lowest BCUT2D eigenvalue weighted by molar-refractivity contribution is 0.0322. The van der Waals surface area contributed by atoms with Gasteiger partial charge < -0.3 is 24.4 Å². The molecule has 2 fully saturated rings. The summed E-state index contributed by atoms with van der Waals surface area (Å²) in [5.74, 6) is 2.28. The Morgan fingerprint density at radius 2 is 1.61 bits per heavy atom. The van der Waals surface area contributed by atoms with Crippen LogP contribution in [0.5, 0.6) is 5.75 Å². The zero-order valence-corrected chi connectivity index (χ0v) is 21.3. The van der Waals surface area contributed by atoms with Gasteiger partial charge in [-0.2, -0.15) is 0 Å². The first-order chi connectivity index (χ1) is 18.8. The van der Waals surface area contributed by atoms with Crippen LogP contribution in [0.4, 0.5) is 17.5 Å². The summed E-state index contributed by atoms with van der Waals surface area (Å²) in [5.41, 5.74) is 3.38. The molecule has 4 aromatic rings. The van der Waals surface area contributed by atoms with Gasteiger partial charge in [0.05, 0.1) is 44.0 Å². The molecule has 0 saturated carbocycles. The van der Waals surface area contributed by atoms with E-state index in [2.05, 4.69) is 30.1 Å². The largest absolute Gasteiger partial charge is 0.492 e. The second kappa shape index (κ2) is 11.7. The fourth-order valence-electron chi connectivity index (χ4n) is 4.62. The number of nitrogens with zero attached hydrogens (tertiary/aromatic N) is 6. The molecule has 2 saturated heterocycles. The van der Waals surface area contributed by atoms with Crippen LogP contribution in [0.25, 0.3) is 22.2 Å². The Hall–Kier alpha value is -3.86. The lowest BCUT2D eigenvalue weighted by Gasteiger charge is -2.27. The number of morpholine rings is 2. The molecule has 1 N–H and O–H groups in total. The summed E-state index contributed by atoms with van der Waals surface area (Å²) >= 11 is 0. The molecule has 2 aliphatic rings. The molecule has 0 amide bonds. The fraction of sp³-hybridized carbons (Fsp3) is 0.357. The quantitative estimate of drug-likeness (QED) is 0.378. The number of rotatable bonds is 8. The molecule has 10 nitrogen and oxygen atoms in total. The van der Waals surface area contributed by atoms with Crippen molar-refractivity contribution >= 4 is 28.4 Å². The zero-order valence-electron chi connectivity index (χ0n) is 21.3. The molecule has 196 valence electrons. The topological polar surface area (TPSA) is 97.8 Å². The van der Waals surface area contributed by atoms with Crippen LogP contribution in [0, 0.1) is 0 Å². The molecule has 0 spiro atoms. The van der Waals surface area contributed by atoms with Gasteiger partial charge in [0, 0.05) is 56.1 Å². The van der Waals surface area contributed by atoms with E-state index in [1.807, 2.05) is 48.7 Å². The molecule has 3 aromatic heterocycles. The van der Waals surface area contributed by atoms with Gasteiger partial charge >= 0.3 is 0 Å². The van der Waals surface area contributed by atoms with Gasteiger partial charge in [-0.1, -0.05) is 0 Å². The molecule has 0 unspecified atom stereocenters. The van der Waals surface area contributed by atoms with Crippen molar-refractivity contribution in [3.05, 3.63) is 61.1 Å². The molecule has 6 rings (SSSR count). The normalized spacial score (nSPS) is 16.5. The van der Waals surface area contributed by atoms with Crippen molar-refractivity contribution in [2.45, 2.75) is 0 Å². The number of ether oxygens (including phenoxy) is 3. The van der Waals surface area contributed by atoms with Crippen molar-refractivity contribution in [2.75, 3.05) is 76.0 Å². The van der Waals surface area contributed by atoms with Crippen LogP contribution in [0.2, 0.25) is 0 Å². The van der Waals surface area contributed by atoms with E-state index in [-0.39, 0.29) is 0 Å². The van der Waals surface area contributed by atoms with Crippen molar-refractivity contribution in [2.24, 2.45) is 0 Å². The van der Waals surface area contributed by atoms with Crippen LogP contribution in [-0.2, 0) is 9.47 Å². The van der Waals surface area contributed by atoms with Crippen molar-refractivity contribution in [3.63, 3.8) is 0 Å². The number of benzene rings is 1. The minimum atomic E-state index is 0.496. The SMILES string of the molecule is c1cc2cnc(Nc3ccc(N4CCOCC4)nc3)nc2c(-c2ccc(OCCN3CCOCC3)cc2)n1. The first-order valence-corrected chi connectivity index (χ1v) is 13.0. The number of anilines is 3. The van der Waals surface area contributed by atoms with Gasteiger partial charge in [0.1, 0.15) is 23.7 Å². The second-order valence-corrected chi connectivity index (χ2v) is 9.25. The number of pyridine rings is 2. The number of fused-ring (bicyclic) bond motifs is 1. The van der Waals surface area contributed by atoms with Crippen LogP contribution >= 0.6 is 0 Å². The summed E-state index contributed by atoms with van der Waals surface area (Å²) in [5, 5.41) is 4.20. The predicted octanol–water partition coefficient (Wildman–Crippen LogP) is 3.38. The first kappa shape index (κ1) is 24.5. The van der Waals surface area contributed by atoms with Gasteiger partial charge in [0.15, 0.2) is 0 Å². The molecule has 0 bridgehead atoms. The van der Waals surface area contributed by atoms with Gasteiger partial charge in [-0.15, -0.1) is 0 Å². The van der Waals surface area contributed by atoms with Crippen LogP contribution < -0.4 is 15.0 Å². The summed E-state index contributed by atoms with van der Waals surface area (Å²) < 4.78 is 16.8. The fourth-order valence-corrected chi connectivity index (χ4v) is 4.62. The monoisotopic (exact) mass is 513 g/mol. The lowest BCUT2D eigenvalue weighted by atomic mass is 10.1. The van der Waals surface area contributed by atoms with Gasteiger partial charge in [-0.05, 0) is 42.5 Å². The standard InChI is InChI=1S/C28H31N7O3/c1-4-24(38-18-11-34-9-14-36-15-10-34)5-2-21(1)26-27-22(7-8-29-26)19-31-28(33-27)32-23-3-6-25(30-20-23)35-12-16-37-17-13-35/h1-8,19-20H,9-18H2,(H,31,32,33). The van der Waals surface area contributed by atoms with Crippen LogP contribution in [-0.4, -0.2) is 90.6 Å². The molecular weight excluding hydrogens is 482 g/mol. The third-order valence-corrected chi connectivity index (χ3v) is 6.75. The predicted molar refractivity (Wildman–Crippen MR) is 146 cm³/mol. The van der Waals surface area contributed by atoms with E-state index >= 15 is 0 Å². The average molecular weight is 514 g/mol. The average Bonchev–Trinajstić information content (AvgIpc) is 2.99. The van der Waals surface area contributed by atoms with Gasteiger partial charge in [-0.3, -0.25) is 9.88 Å². The molecule has 2 aliphatic heterocycles. The summed E-state index contributed by atoms with van der Waals surface area (Å²) in [6.45, 7) is 8.23. The maximum Gasteiger partial charge on any atom is 0.227 e. The van der Waals surface area contributed by atoms with E-state index in [0.717, 1.165) is 98.6 Å². The van der Waals surface area contributed by atoms with Gasteiger partial charge in [0.2, 0.25) is 5.95 Å². The van der Waals surface area contributed by atoms with Gasteiger partial charge in [0.25, 0.3) is 0 Å². The van der Waals surface area contributed by atoms with E-state index in [9.17, 15) is 0 Å². The second-order valence-electron chi connectivity index (χ2n) is 9.25. The summed E-state index contributed by atoms with van der Waals surface area (Å²) in [6, 6.07) is 13.9. The minimum absolute atomic E-state index is 0.496. The molecule has 0 aliphatic carbocycles. The van der Waals surface area contributed by atoms with Crippen LogP contribution in [0.15, 0.2) is 61.1 Å². The summed E-state index contributed by atoms with van der Waals surface area (Å²) in [4.78, 5) is 23.1. The molecule has 5 heterocycles. The Morgan fingerprint density at radius 3 is 2.37 bits per heavy atom. The molecule has 1 aromatic carbocycles. The van der Waals surface area contributed by atoms with E-state index in [0.29, 0.717) is 12.6 Å². The summed E-state index contributed by atoms with van der Waals surface area (Å²) in [6.07, 6.45) is 5.41. The smallest absolute Gasteiger partial charge is 0.227 e. The highest BCUT2D eigenvalue weighted by molar-refractivity contribution is 5.91. The van der Waals surface area contributed by atoms with E-state index < -0.39 is 0 Å². The Balaban J connectivity index is 1.14. The molecule has 38 heavy (non-hydrogen) atoms. The zero-order chi connectivity index (χ0) is 25.6. The number of hydrogen-bond donors (Lipinski definition) is 1. The minimum Gasteiger partial charge on any atom is -0.492 e. The number of hydrogen-bond acceptors (Lipinski definition) is 10. The lowest BCUT2D eigenvalue weighted by Crippen LogP contribution is -2.38. The highest BCUT2D eigenvalue weighted by Crippen LogP contribution is 2.28. The van der Waals surface area contributed by atoms with Crippen molar-refractivity contribution in [3.8, 4) is 17.0 Å². The van der Waals surface area contributed by atoms with E-state index in [1.165, 1.54) is 0 Å². The molecule has 0 radical (unpaired) electrons. The number of aromatic nitrogens is 4. The maximum atomic E-state index is 5.97. The molecule has 0 atom stereocenters.